The number of ether oxygens (including phenoxy) is 1. The number of nitrogens with zero attached hydrogens (tertiary/aromatic N) is 1. The molecule has 0 aliphatic rings. The molecule has 1 aromatic carbocycles. The first-order valence-corrected chi connectivity index (χ1v) is 6.30. The molecule has 0 aromatic heterocycles. The van der Waals surface area contributed by atoms with Crippen LogP contribution in [0.15, 0.2) is 24.3 Å². The van der Waals surface area contributed by atoms with Crippen molar-refractivity contribution in [2.45, 2.75) is 40.3 Å². The predicted octanol–water partition coefficient (Wildman–Crippen LogP) is 3.11. The third-order valence-electron chi connectivity index (χ3n) is 2.47. The van der Waals surface area contributed by atoms with E-state index in [1.165, 1.54) is 5.56 Å². The Morgan fingerprint density at radius 3 is 2.72 bits per heavy atom. The molecule has 0 radical (unpaired) electrons. The molecular weight excluding hydrogens is 224 g/mol. The molecule has 18 heavy (non-hydrogen) atoms. The number of nitrogens with one attached hydrogen (secondary N) is 1. The summed E-state index contributed by atoms with van der Waals surface area (Å²) in [7, 11) is 0. The fourth-order valence-electron chi connectivity index (χ4n) is 1.56. The minimum absolute atomic E-state index is 0.186. The molecule has 0 heterocycles. The Hall–Kier alpha value is -1.53. The Morgan fingerprint density at radius 2 is 2.11 bits per heavy atom. The molecular formula is C15H22N2O. The summed E-state index contributed by atoms with van der Waals surface area (Å²) in [5, 5.41) is 12.2. The molecule has 0 aliphatic heterocycles. The lowest BCUT2D eigenvalue weighted by atomic mass is 9.96. The van der Waals surface area contributed by atoms with Crippen molar-refractivity contribution in [1.29, 1.82) is 5.26 Å². The van der Waals surface area contributed by atoms with Gasteiger partial charge in [-0.05, 0) is 45.4 Å². The van der Waals surface area contributed by atoms with E-state index in [1.54, 1.807) is 0 Å². The molecule has 0 spiro atoms. The number of hydrogen-bond acceptors (Lipinski definition) is 3. The summed E-state index contributed by atoms with van der Waals surface area (Å²) < 4.78 is 5.64. The summed E-state index contributed by atoms with van der Waals surface area (Å²) in [6, 6.07) is 10.3. The normalized spacial score (nSPS) is 11.3. The first kappa shape index (κ1) is 14.5. The third-order valence-corrected chi connectivity index (χ3v) is 2.47. The van der Waals surface area contributed by atoms with Crippen molar-refractivity contribution < 1.29 is 4.74 Å². The molecule has 3 heteroatoms. The Balaban J connectivity index is 2.51. The molecule has 98 valence electrons. The highest BCUT2D eigenvalue weighted by Crippen LogP contribution is 2.15. The molecule has 1 rings (SSSR count). The molecule has 0 amide bonds. The van der Waals surface area contributed by atoms with Crippen molar-refractivity contribution in [3.8, 4) is 11.8 Å². The molecule has 3 nitrogen and oxygen atoms in total. The Kier molecular flexibility index (Phi) is 5.18. The van der Waals surface area contributed by atoms with Gasteiger partial charge in [-0.2, -0.15) is 5.26 Å². The van der Waals surface area contributed by atoms with E-state index in [0.29, 0.717) is 6.54 Å². The second kappa shape index (κ2) is 6.42. The molecule has 0 saturated carbocycles. The average Bonchev–Trinajstić information content (AvgIpc) is 2.28. The Labute approximate surface area is 110 Å². The highest BCUT2D eigenvalue weighted by atomic mass is 16.5. The van der Waals surface area contributed by atoms with Gasteiger partial charge in [0.1, 0.15) is 5.75 Å². The van der Waals surface area contributed by atoms with Crippen LogP contribution in [-0.4, -0.2) is 12.6 Å². The van der Waals surface area contributed by atoms with E-state index >= 15 is 0 Å². The maximum Gasteiger partial charge on any atom is 0.120 e. The highest BCUT2D eigenvalue weighted by molar-refractivity contribution is 5.28. The standard InChI is InChI=1S/C15H22N2O/c1-12(2)18-14-7-5-6-13(8-14)9-17-11-15(3,4)10-16/h5-8,12,17H,9,11H2,1-4H3. The summed E-state index contributed by atoms with van der Waals surface area (Å²) >= 11 is 0. The van der Waals surface area contributed by atoms with E-state index in [9.17, 15) is 0 Å². The van der Waals surface area contributed by atoms with Crippen LogP contribution >= 0.6 is 0 Å². The molecule has 0 aliphatic carbocycles. The van der Waals surface area contributed by atoms with E-state index in [1.807, 2.05) is 45.9 Å². The number of nitriles is 1. The van der Waals surface area contributed by atoms with Crippen molar-refractivity contribution in [2.75, 3.05) is 6.54 Å². The van der Waals surface area contributed by atoms with Gasteiger partial charge < -0.3 is 10.1 Å². The van der Waals surface area contributed by atoms with Gasteiger partial charge in [0.05, 0.1) is 17.6 Å². The molecule has 0 atom stereocenters. The van der Waals surface area contributed by atoms with E-state index in [0.717, 1.165) is 12.3 Å². The van der Waals surface area contributed by atoms with Gasteiger partial charge in [0.2, 0.25) is 0 Å². The SMILES string of the molecule is CC(C)Oc1cccc(CNCC(C)(C)C#N)c1. The molecule has 1 N–H and O–H groups in total. The highest BCUT2D eigenvalue weighted by Gasteiger charge is 2.15. The fourth-order valence-corrected chi connectivity index (χ4v) is 1.56. The van der Waals surface area contributed by atoms with Gasteiger partial charge >= 0.3 is 0 Å². The van der Waals surface area contributed by atoms with Gasteiger partial charge in [0, 0.05) is 13.1 Å². The predicted molar refractivity (Wildman–Crippen MR) is 73.3 cm³/mol. The Bertz CT molecular complexity index is 419. The topological polar surface area (TPSA) is 45.0 Å². The van der Waals surface area contributed by atoms with Crippen molar-refractivity contribution in [3.63, 3.8) is 0 Å². The van der Waals surface area contributed by atoms with Crippen LogP contribution in [0.1, 0.15) is 33.3 Å². The summed E-state index contributed by atoms with van der Waals surface area (Å²) in [5.41, 5.74) is 0.841. The van der Waals surface area contributed by atoms with Crippen LogP contribution in [-0.2, 0) is 6.54 Å². The van der Waals surface area contributed by atoms with Gasteiger partial charge in [-0.15, -0.1) is 0 Å². The molecule has 1 aromatic rings. The fraction of sp³-hybridized carbons (Fsp3) is 0.533. The summed E-state index contributed by atoms with van der Waals surface area (Å²) in [5.74, 6) is 0.892. The molecule has 0 unspecified atom stereocenters. The van der Waals surface area contributed by atoms with Crippen LogP contribution in [0.4, 0.5) is 0 Å². The summed E-state index contributed by atoms with van der Waals surface area (Å²) in [4.78, 5) is 0. The van der Waals surface area contributed by atoms with E-state index in [4.69, 9.17) is 10.00 Å². The quantitative estimate of drug-likeness (QED) is 0.838. The zero-order valence-corrected chi connectivity index (χ0v) is 11.7. The lowest BCUT2D eigenvalue weighted by molar-refractivity contribution is 0.242. The molecule has 0 saturated heterocycles. The maximum absolute atomic E-state index is 8.92. The number of benzene rings is 1. The minimum Gasteiger partial charge on any atom is -0.491 e. The van der Waals surface area contributed by atoms with Gasteiger partial charge in [-0.1, -0.05) is 12.1 Å². The van der Waals surface area contributed by atoms with Gasteiger partial charge in [-0.3, -0.25) is 0 Å². The zero-order chi connectivity index (χ0) is 13.6. The van der Waals surface area contributed by atoms with Crippen LogP contribution in [0.3, 0.4) is 0 Å². The first-order valence-electron chi connectivity index (χ1n) is 6.30. The second-order valence-corrected chi connectivity index (χ2v) is 5.41. The largest absolute Gasteiger partial charge is 0.491 e. The van der Waals surface area contributed by atoms with Crippen LogP contribution in [0, 0.1) is 16.7 Å². The smallest absolute Gasteiger partial charge is 0.120 e. The van der Waals surface area contributed by atoms with Crippen molar-refractivity contribution in [3.05, 3.63) is 29.8 Å². The van der Waals surface area contributed by atoms with E-state index in [2.05, 4.69) is 17.5 Å². The van der Waals surface area contributed by atoms with Crippen molar-refractivity contribution in [2.24, 2.45) is 5.41 Å². The summed E-state index contributed by atoms with van der Waals surface area (Å²) in [6.45, 7) is 9.32. The van der Waals surface area contributed by atoms with Gasteiger partial charge in [-0.25, -0.2) is 0 Å². The van der Waals surface area contributed by atoms with Crippen LogP contribution in [0.25, 0.3) is 0 Å². The number of rotatable bonds is 6. The monoisotopic (exact) mass is 246 g/mol. The third kappa shape index (κ3) is 5.20. The molecule has 0 fully saturated rings. The first-order chi connectivity index (χ1) is 8.43. The lowest BCUT2D eigenvalue weighted by Gasteiger charge is -2.16. The second-order valence-electron chi connectivity index (χ2n) is 5.41. The minimum atomic E-state index is -0.327. The maximum atomic E-state index is 8.92. The average molecular weight is 246 g/mol. The van der Waals surface area contributed by atoms with Crippen molar-refractivity contribution in [1.82, 2.24) is 5.32 Å². The number of hydrogen-bond donors (Lipinski definition) is 1. The van der Waals surface area contributed by atoms with Crippen LogP contribution in [0.2, 0.25) is 0 Å². The lowest BCUT2D eigenvalue weighted by Crippen LogP contribution is -2.27. The van der Waals surface area contributed by atoms with E-state index < -0.39 is 0 Å². The Morgan fingerprint density at radius 1 is 1.39 bits per heavy atom. The zero-order valence-electron chi connectivity index (χ0n) is 11.7. The van der Waals surface area contributed by atoms with Gasteiger partial charge in [0.15, 0.2) is 0 Å². The van der Waals surface area contributed by atoms with Crippen LogP contribution < -0.4 is 10.1 Å². The summed E-state index contributed by atoms with van der Waals surface area (Å²) in [6.07, 6.45) is 0.186. The van der Waals surface area contributed by atoms with Crippen molar-refractivity contribution >= 4 is 0 Å². The molecule has 0 bridgehead atoms. The van der Waals surface area contributed by atoms with Gasteiger partial charge in [0.25, 0.3) is 0 Å². The van der Waals surface area contributed by atoms with Crippen LogP contribution in [0.5, 0.6) is 5.75 Å². The van der Waals surface area contributed by atoms with E-state index in [-0.39, 0.29) is 11.5 Å².